The molecule has 1 amide bonds. The number of benzene rings is 1. The Kier molecular flexibility index (Phi) is 6.21. The molecule has 0 saturated heterocycles. The summed E-state index contributed by atoms with van der Waals surface area (Å²) in [6, 6.07) is 7.81. The number of nitrogens with two attached hydrogens (primary N) is 1. The van der Waals surface area contributed by atoms with Crippen LogP contribution in [0.15, 0.2) is 24.3 Å². The zero-order chi connectivity index (χ0) is 16.0. The molecule has 0 aromatic heterocycles. The van der Waals surface area contributed by atoms with Crippen molar-refractivity contribution in [2.24, 2.45) is 11.1 Å². The Morgan fingerprint density at radius 2 is 1.76 bits per heavy atom. The number of carbonyl (C=O) groups excluding carboxylic acids is 1. The van der Waals surface area contributed by atoms with E-state index >= 15 is 0 Å². The molecule has 1 aromatic carbocycles. The molecule has 0 radical (unpaired) electrons. The minimum absolute atomic E-state index is 0.0428. The van der Waals surface area contributed by atoms with Crippen LogP contribution in [0.1, 0.15) is 37.6 Å². The van der Waals surface area contributed by atoms with E-state index < -0.39 is 0 Å². The van der Waals surface area contributed by atoms with Crippen molar-refractivity contribution in [2.45, 2.75) is 27.2 Å². The lowest BCUT2D eigenvalue weighted by Crippen LogP contribution is -2.39. The molecule has 0 unspecified atom stereocenters. The van der Waals surface area contributed by atoms with E-state index in [4.69, 9.17) is 5.73 Å². The van der Waals surface area contributed by atoms with Gasteiger partial charge >= 0.3 is 0 Å². The zero-order valence-corrected chi connectivity index (χ0v) is 14.0. The number of hydrogen-bond donors (Lipinski definition) is 1. The Bertz CT molecular complexity index is 454. The molecule has 118 valence electrons. The second-order valence-corrected chi connectivity index (χ2v) is 6.50. The summed E-state index contributed by atoms with van der Waals surface area (Å²) in [5, 5.41) is 0. The third-order valence-electron chi connectivity index (χ3n) is 3.68. The van der Waals surface area contributed by atoms with Gasteiger partial charge in [-0.1, -0.05) is 20.8 Å². The minimum Gasteiger partial charge on any atom is -0.375 e. The smallest absolute Gasteiger partial charge is 0.253 e. The van der Waals surface area contributed by atoms with Gasteiger partial charge in [0.15, 0.2) is 0 Å². The molecular weight excluding hydrogens is 262 g/mol. The summed E-state index contributed by atoms with van der Waals surface area (Å²) in [6.45, 7) is 8.52. The fourth-order valence-electron chi connectivity index (χ4n) is 2.32. The first-order valence-corrected chi connectivity index (χ1v) is 7.57. The van der Waals surface area contributed by atoms with Gasteiger partial charge in [0.2, 0.25) is 0 Å². The fraction of sp³-hybridized carbons (Fsp3) is 0.588. The number of nitrogens with zero attached hydrogens (tertiary/aromatic N) is 2. The van der Waals surface area contributed by atoms with Gasteiger partial charge < -0.3 is 15.5 Å². The molecule has 0 atom stereocenters. The van der Waals surface area contributed by atoms with Crippen molar-refractivity contribution in [2.75, 3.05) is 38.6 Å². The molecular formula is C17H29N3O. The summed E-state index contributed by atoms with van der Waals surface area (Å²) >= 11 is 0. The molecule has 0 spiro atoms. The number of carbonyl (C=O) groups is 1. The van der Waals surface area contributed by atoms with Crippen LogP contribution in [0.25, 0.3) is 0 Å². The number of hydrogen-bond acceptors (Lipinski definition) is 3. The molecule has 2 N–H and O–H groups in total. The Balaban J connectivity index is 2.75. The lowest BCUT2D eigenvalue weighted by molar-refractivity contribution is 0.0740. The molecule has 21 heavy (non-hydrogen) atoms. The Hall–Kier alpha value is -1.55. The van der Waals surface area contributed by atoms with E-state index in [1.54, 1.807) is 4.90 Å². The van der Waals surface area contributed by atoms with E-state index in [1.165, 1.54) is 0 Å². The third-order valence-corrected chi connectivity index (χ3v) is 3.68. The molecule has 0 fully saturated rings. The SMILES string of the molecule is CCCN(C)c1ccc(C(=O)N(C)CC(C)(C)CN)cc1. The van der Waals surface area contributed by atoms with Gasteiger partial charge in [0.05, 0.1) is 0 Å². The monoisotopic (exact) mass is 291 g/mol. The molecule has 1 aromatic rings. The van der Waals surface area contributed by atoms with Crippen LogP contribution in [0.2, 0.25) is 0 Å². The zero-order valence-electron chi connectivity index (χ0n) is 14.0. The lowest BCUT2D eigenvalue weighted by Gasteiger charge is -2.29. The maximum absolute atomic E-state index is 12.4. The molecule has 0 aliphatic heterocycles. The van der Waals surface area contributed by atoms with E-state index in [-0.39, 0.29) is 11.3 Å². The van der Waals surface area contributed by atoms with Gasteiger partial charge in [-0.05, 0) is 42.6 Å². The number of rotatable bonds is 7. The summed E-state index contributed by atoms with van der Waals surface area (Å²) in [4.78, 5) is 16.4. The van der Waals surface area contributed by atoms with E-state index in [0.29, 0.717) is 13.1 Å². The van der Waals surface area contributed by atoms with Crippen LogP contribution < -0.4 is 10.6 Å². The van der Waals surface area contributed by atoms with E-state index in [1.807, 2.05) is 31.3 Å². The molecule has 0 heterocycles. The molecule has 0 aliphatic carbocycles. The van der Waals surface area contributed by atoms with Crippen LogP contribution in [0.5, 0.6) is 0 Å². The van der Waals surface area contributed by atoms with Gasteiger partial charge in [-0.2, -0.15) is 0 Å². The average Bonchev–Trinajstić information content (AvgIpc) is 2.46. The second kappa shape index (κ2) is 7.46. The van der Waals surface area contributed by atoms with Crippen LogP contribution in [0, 0.1) is 5.41 Å². The van der Waals surface area contributed by atoms with E-state index in [0.717, 1.165) is 24.2 Å². The van der Waals surface area contributed by atoms with Crippen molar-refractivity contribution in [3.8, 4) is 0 Å². The quantitative estimate of drug-likeness (QED) is 0.840. The van der Waals surface area contributed by atoms with Crippen LogP contribution in [0.3, 0.4) is 0 Å². The van der Waals surface area contributed by atoms with Gasteiger partial charge in [-0.3, -0.25) is 4.79 Å². The van der Waals surface area contributed by atoms with Crippen LogP contribution in [-0.2, 0) is 0 Å². The fourth-order valence-corrected chi connectivity index (χ4v) is 2.32. The highest BCUT2D eigenvalue weighted by atomic mass is 16.2. The van der Waals surface area contributed by atoms with Crippen molar-refractivity contribution in [1.82, 2.24) is 4.90 Å². The molecule has 0 aliphatic rings. The molecule has 4 heteroatoms. The van der Waals surface area contributed by atoms with Crippen LogP contribution in [-0.4, -0.2) is 44.5 Å². The Morgan fingerprint density at radius 3 is 2.24 bits per heavy atom. The van der Waals surface area contributed by atoms with E-state index in [9.17, 15) is 4.79 Å². The molecule has 1 rings (SSSR count). The molecule has 0 bridgehead atoms. The normalized spacial score (nSPS) is 11.3. The predicted molar refractivity (Wildman–Crippen MR) is 89.8 cm³/mol. The Morgan fingerprint density at radius 1 is 1.19 bits per heavy atom. The first-order chi connectivity index (χ1) is 9.80. The number of amides is 1. The van der Waals surface area contributed by atoms with Gasteiger partial charge in [-0.15, -0.1) is 0 Å². The predicted octanol–water partition coefficient (Wildman–Crippen LogP) is 2.59. The van der Waals surface area contributed by atoms with Crippen molar-refractivity contribution < 1.29 is 4.79 Å². The third kappa shape index (κ3) is 5.05. The Labute approximate surface area is 128 Å². The second-order valence-electron chi connectivity index (χ2n) is 6.50. The van der Waals surface area contributed by atoms with E-state index in [2.05, 4.69) is 32.7 Å². The van der Waals surface area contributed by atoms with Gasteiger partial charge in [0.1, 0.15) is 0 Å². The van der Waals surface area contributed by atoms with Crippen molar-refractivity contribution in [3.05, 3.63) is 29.8 Å². The standard InChI is InChI=1S/C17H29N3O/c1-6-11-19(4)15-9-7-14(8-10-15)16(21)20(5)13-17(2,3)12-18/h7-10H,6,11-13,18H2,1-5H3. The van der Waals surface area contributed by atoms with Gasteiger partial charge in [-0.25, -0.2) is 0 Å². The highest BCUT2D eigenvalue weighted by molar-refractivity contribution is 5.94. The van der Waals surface area contributed by atoms with Crippen molar-refractivity contribution in [3.63, 3.8) is 0 Å². The van der Waals surface area contributed by atoms with Crippen molar-refractivity contribution >= 4 is 11.6 Å². The van der Waals surface area contributed by atoms with Crippen LogP contribution in [0.4, 0.5) is 5.69 Å². The summed E-state index contributed by atoms with van der Waals surface area (Å²) in [7, 11) is 3.90. The summed E-state index contributed by atoms with van der Waals surface area (Å²) in [5.74, 6) is 0.0428. The topological polar surface area (TPSA) is 49.6 Å². The van der Waals surface area contributed by atoms with Gasteiger partial charge in [0, 0.05) is 38.4 Å². The highest BCUT2D eigenvalue weighted by Crippen LogP contribution is 2.18. The van der Waals surface area contributed by atoms with Crippen molar-refractivity contribution in [1.29, 1.82) is 0 Å². The highest BCUT2D eigenvalue weighted by Gasteiger charge is 2.21. The summed E-state index contributed by atoms with van der Waals surface area (Å²) in [6.07, 6.45) is 1.11. The number of anilines is 1. The minimum atomic E-state index is -0.0638. The first-order valence-electron chi connectivity index (χ1n) is 7.57. The maximum atomic E-state index is 12.4. The maximum Gasteiger partial charge on any atom is 0.253 e. The molecule has 4 nitrogen and oxygen atoms in total. The van der Waals surface area contributed by atoms with Crippen LogP contribution >= 0.6 is 0 Å². The first kappa shape index (κ1) is 17.5. The largest absolute Gasteiger partial charge is 0.375 e. The average molecular weight is 291 g/mol. The summed E-state index contributed by atoms with van der Waals surface area (Å²) < 4.78 is 0. The molecule has 0 saturated carbocycles. The lowest BCUT2D eigenvalue weighted by atomic mass is 9.93. The summed E-state index contributed by atoms with van der Waals surface area (Å²) in [5.41, 5.74) is 7.53. The van der Waals surface area contributed by atoms with Gasteiger partial charge in [0.25, 0.3) is 5.91 Å².